The fourth-order valence-corrected chi connectivity index (χ4v) is 1.94. The smallest absolute Gasteiger partial charge is 0.145 e. The van der Waals surface area contributed by atoms with Gasteiger partial charge in [0.25, 0.3) is 0 Å². The Bertz CT molecular complexity index is 690. The van der Waals surface area contributed by atoms with Crippen molar-refractivity contribution in [3.05, 3.63) is 60.4 Å². The van der Waals surface area contributed by atoms with Gasteiger partial charge in [0.05, 0.1) is 30.3 Å². The van der Waals surface area contributed by atoms with Gasteiger partial charge in [0.2, 0.25) is 0 Å². The zero-order chi connectivity index (χ0) is 13.8. The van der Waals surface area contributed by atoms with Crippen molar-refractivity contribution in [1.29, 1.82) is 0 Å². The van der Waals surface area contributed by atoms with Gasteiger partial charge in [0.15, 0.2) is 0 Å². The molecule has 3 rings (SSSR count). The highest BCUT2D eigenvalue weighted by Gasteiger charge is 2.03. The van der Waals surface area contributed by atoms with Crippen LogP contribution in [-0.4, -0.2) is 19.9 Å². The molecule has 0 fully saturated rings. The van der Waals surface area contributed by atoms with Gasteiger partial charge < -0.3 is 10.3 Å². The third-order valence-electron chi connectivity index (χ3n) is 2.91. The molecule has 100 valence electrons. The first-order valence-electron chi connectivity index (χ1n) is 6.43. The standard InChI is InChI=1S/C15H15N5/c1-11-7-16-9-14(19-11)18-10-15-17-8-13(20-15)12-5-3-2-4-6-12/h2-9H,10H2,1H3,(H,17,20)(H,18,19). The molecule has 0 radical (unpaired) electrons. The molecular formula is C15H15N5. The minimum Gasteiger partial charge on any atom is -0.362 e. The number of hydrogen-bond acceptors (Lipinski definition) is 4. The zero-order valence-corrected chi connectivity index (χ0v) is 11.2. The van der Waals surface area contributed by atoms with Crippen LogP contribution in [0.15, 0.2) is 48.9 Å². The van der Waals surface area contributed by atoms with Gasteiger partial charge in [-0.05, 0) is 12.5 Å². The number of rotatable bonds is 4. The van der Waals surface area contributed by atoms with Crippen molar-refractivity contribution in [2.24, 2.45) is 0 Å². The molecule has 2 N–H and O–H groups in total. The Kier molecular flexibility index (Phi) is 3.41. The second-order valence-corrected chi connectivity index (χ2v) is 4.51. The molecule has 5 nitrogen and oxygen atoms in total. The highest BCUT2D eigenvalue weighted by Crippen LogP contribution is 2.16. The molecule has 0 bridgehead atoms. The minimum absolute atomic E-state index is 0.588. The zero-order valence-electron chi connectivity index (χ0n) is 11.2. The maximum atomic E-state index is 4.36. The molecule has 20 heavy (non-hydrogen) atoms. The van der Waals surface area contributed by atoms with Gasteiger partial charge in [-0.15, -0.1) is 0 Å². The van der Waals surface area contributed by atoms with Gasteiger partial charge in [-0.2, -0.15) is 0 Å². The lowest BCUT2D eigenvalue weighted by Gasteiger charge is -2.03. The minimum atomic E-state index is 0.588. The lowest BCUT2D eigenvalue weighted by atomic mass is 10.2. The molecule has 0 unspecified atom stereocenters. The Morgan fingerprint density at radius 1 is 1.10 bits per heavy atom. The van der Waals surface area contributed by atoms with E-state index in [2.05, 4.69) is 37.4 Å². The molecule has 5 heteroatoms. The van der Waals surface area contributed by atoms with Gasteiger partial charge in [0, 0.05) is 6.20 Å². The third-order valence-corrected chi connectivity index (χ3v) is 2.91. The van der Waals surface area contributed by atoms with Crippen LogP contribution in [0.25, 0.3) is 11.3 Å². The Balaban J connectivity index is 1.69. The van der Waals surface area contributed by atoms with E-state index in [1.807, 2.05) is 31.3 Å². The second-order valence-electron chi connectivity index (χ2n) is 4.51. The van der Waals surface area contributed by atoms with Gasteiger partial charge in [-0.1, -0.05) is 30.3 Å². The van der Waals surface area contributed by atoms with Crippen molar-refractivity contribution in [1.82, 2.24) is 19.9 Å². The number of nitrogens with zero attached hydrogens (tertiary/aromatic N) is 3. The summed E-state index contributed by atoms with van der Waals surface area (Å²) < 4.78 is 0. The normalized spacial score (nSPS) is 10.4. The number of imidazole rings is 1. The van der Waals surface area contributed by atoms with E-state index < -0.39 is 0 Å². The van der Waals surface area contributed by atoms with E-state index in [0.29, 0.717) is 6.54 Å². The van der Waals surface area contributed by atoms with Gasteiger partial charge in [0.1, 0.15) is 11.6 Å². The summed E-state index contributed by atoms with van der Waals surface area (Å²) in [7, 11) is 0. The Labute approximate surface area is 117 Å². The summed E-state index contributed by atoms with van der Waals surface area (Å²) in [5.74, 6) is 1.62. The highest BCUT2D eigenvalue weighted by molar-refractivity contribution is 5.58. The first-order chi connectivity index (χ1) is 9.81. The van der Waals surface area contributed by atoms with Crippen LogP contribution in [0.2, 0.25) is 0 Å². The molecule has 0 aliphatic carbocycles. The van der Waals surface area contributed by atoms with Crippen LogP contribution in [0.5, 0.6) is 0 Å². The first-order valence-corrected chi connectivity index (χ1v) is 6.43. The van der Waals surface area contributed by atoms with Crippen LogP contribution in [-0.2, 0) is 6.54 Å². The molecule has 0 aliphatic rings. The van der Waals surface area contributed by atoms with E-state index in [4.69, 9.17) is 0 Å². The molecule has 1 aromatic carbocycles. The number of hydrogen-bond donors (Lipinski definition) is 2. The Morgan fingerprint density at radius 2 is 1.95 bits per heavy atom. The highest BCUT2D eigenvalue weighted by atomic mass is 15.0. The van der Waals surface area contributed by atoms with E-state index in [0.717, 1.165) is 28.6 Å². The van der Waals surface area contributed by atoms with Crippen LogP contribution in [0.1, 0.15) is 11.5 Å². The Morgan fingerprint density at radius 3 is 2.75 bits per heavy atom. The summed E-state index contributed by atoms with van der Waals surface area (Å²) in [4.78, 5) is 16.1. The number of aromatic amines is 1. The SMILES string of the molecule is Cc1cncc(NCc2ncc(-c3ccccc3)[nH]2)n1. The summed E-state index contributed by atoms with van der Waals surface area (Å²) in [6.45, 7) is 2.50. The van der Waals surface area contributed by atoms with Crippen LogP contribution in [0, 0.1) is 6.92 Å². The molecule has 0 amide bonds. The van der Waals surface area contributed by atoms with E-state index in [1.165, 1.54) is 0 Å². The first kappa shape index (κ1) is 12.3. The lowest BCUT2D eigenvalue weighted by molar-refractivity contribution is 0.976. The fourth-order valence-electron chi connectivity index (χ4n) is 1.94. The molecule has 0 aliphatic heterocycles. The lowest BCUT2D eigenvalue weighted by Crippen LogP contribution is -2.03. The van der Waals surface area contributed by atoms with Crippen molar-refractivity contribution in [3.8, 4) is 11.3 Å². The number of aromatic nitrogens is 4. The molecule has 2 aromatic heterocycles. The van der Waals surface area contributed by atoms with Crippen molar-refractivity contribution in [3.63, 3.8) is 0 Å². The van der Waals surface area contributed by atoms with Gasteiger partial charge in [-0.3, -0.25) is 4.98 Å². The summed E-state index contributed by atoms with van der Waals surface area (Å²) in [6.07, 6.45) is 5.27. The number of anilines is 1. The number of benzene rings is 1. The number of H-pyrrole nitrogens is 1. The second kappa shape index (κ2) is 5.52. The monoisotopic (exact) mass is 265 g/mol. The van der Waals surface area contributed by atoms with Crippen LogP contribution in [0.4, 0.5) is 5.82 Å². The van der Waals surface area contributed by atoms with Crippen molar-refractivity contribution < 1.29 is 0 Å². The van der Waals surface area contributed by atoms with Crippen molar-refractivity contribution >= 4 is 5.82 Å². The maximum absolute atomic E-state index is 4.36. The Hall–Kier alpha value is -2.69. The fraction of sp³-hybridized carbons (Fsp3) is 0.133. The molecule has 3 aromatic rings. The van der Waals surface area contributed by atoms with Crippen LogP contribution >= 0.6 is 0 Å². The maximum Gasteiger partial charge on any atom is 0.145 e. The molecular weight excluding hydrogens is 250 g/mol. The predicted octanol–water partition coefficient (Wildman–Crippen LogP) is 2.79. The van der Waals surface area contributed by atoms with Crippen molar-refractivity contribution in [2.45, 2.75) is 13.5 Å². The van der Waals surface area contributed by atoms with Gasteiger partial charge in [-0.25, -0.2) is 9.97 Å². The van der Waals surface area contributed by atoms with E-state index in [9.17, 15) is 0 Å². The average Bonchev–Trinajstić information content (AvgIpc) is 2.95. The van der Waals surface area contributed by atoms with Crippen LogP contribution < -0.4 is 5.32 Å². The topological polar surface area (TPSA) is 66.5 Å². The molecule has 0 spiro atoms. The molecule has 0 saturated heterocycles. The summed E-state index contributed by atoms with van der Waals surface area (Å²) in [5, 5.41) is 3.20. The molecule has 0 atom stereocenters. The van der Waals surface area contributed by atoms with Gasteiger partial charge >= 0.3 is 0 Å². The van der Waals surface area contributed by atoms with E-state index in [1.54, 1.807) is 12.4 Å². The van der Waals surface area contributed by atoms with Crippen LogP contribution in [0.3, 0.4) is 0 Å². The summed E-state index contributed by atoms with van der Waals surface area (Å²) >= 11 is 0. The summed E-state index contributed by atoms with van der Waals surface area (Å²) in [6, 6.07) is 10.1. The molecule has 2 heterocycles. The van der Waals surface area contributed by atoms with Crippen molar-refractivity contribution in [2.75, 3.05) is 5.32 Å². The van der Waals surface area contributed by atoms with E-state index in [-0.39, 0.29) is 0 Å². The number of aryl methyl sites for hydroxylation is 1. The van der Waals surface area contributed by atoms with E-state index >= 15 is 0 Å². The average molecular weight is 265 g/mol. The molecule has 0 saturated carbocycles. The number of nitrogens with one attached hydrogen (secondary N) is 2. The quantitative estimate of drug-likeness (QED) is 0.761. The third kappa shape index (κ3) is 2.83. The largest absolute Gasteiger partial charge is 0.362 e. The summed E-state index contributed by atoms with van der Waals surface area (Å²) in [5.41, 5.74) is 3.03. The predicted molar refractivity (Wildman–Crippen MR) is 78.1 cm³/mol.